The van der Waals surface area contributed by atoms with Gasteiger partial charge in [0.15, 0.2) is 0 Å². The quantitative estimate of drug-likeness (QED) is 0.793. The molecule has 1 aliphatic rings. The smallest absolute Gasteiger partial charge is 0.146 e. The number of halogens is 1. The predicted octanol–water partition coefficient (Wildman–Crippen LogP) is 2.97. The number of hydrogen-bond acceptors (Lipinski definition) is 2. The molecule has 1 saturated carbocycles. The predicted molar refractivity (Wildman–Crippen MR) is 62.3 cm³/mol. The van der Waals surface area contributed by atoms with Crippen LogP contribution < -0.4 is 5.73 Å². The molecule has 1 aromatic rings. The maximum Gasteiger partial charge on any atom is 0.146 e. The van der Waals surface area contributed by atoms with Crippen LogP contribution in [0, 0.1) is 11.2 Å². The van der Waals surface area contributed by atoms with Crippen molar-refractivity contribution in [3.8, 4) is 0 Å². The Morgan fingerprint density at radius 2 is 2.00 bits per heavy atom. The maximum absolute atomic E-state index is 13.8. The van der Waals surface area contributed by atoms with Crippen LogP contribution >= 0.6 is 0 Å². The molecule has 0 saturated heterocycles. The first kappa shape index (κ1) is 11.5. The first-order valence-corrected chi connectivity index (χ1v) is 5.86. The Kier molecular flexibility index (Phi) is 2.74. The van der Waals surface area contributed by atoms with Crippen molar-refractivity contribution in [3.63, 3.8) is 0 Å². The third kappa shape index (κ3) is 1.63. The summed E-state index contributed by atoms with van der Waals surface area (Å²) in [6.45, 7) is 4.26. The van der Waals surface area contributed by atoms with E-state index in [0.717, 1.165) is 19.3 Å². The van der Waals surface area contributed by atoms with Gasteiger partial charge in [0.2, 0.25) is 0 Å². The van der Waals surface area contributed by atoms with E-state index >= 15 is 0 Å². The van der Waals surface area contributed by atoms with E-state index in [1.165, 1.54) is 12.6 Å². The van der Waals surface area contributed by atoms with Crippen LogP contribution in [-0.2, 0) is 5.54 Å². The van der Waals surface area contributed by atoms with E-state index in [1.807, 2.05) is 0 Å². The van der Waals surface area contributed by atoms with Crippen LogP contribution in [0.4, 0.5) is 4.39 Å². The Bertz CT molecular complexity index is 389. The molecule has 1 atom stereocenters. The Labute approximate surface area is 96.1 Å². The lowest BCUT2D eigenvalue weighted by Crippen LogP contribution is -2.52. The van der Waals surface area contributed by atoms with Crippen LogP contribution in [0.1, 0.15) is 45.1 Å². The second kappa shape index (κ2) is 3.81. The van der Waals surface area contributed by atoms with Crippen molar-refractivity contribution in [2.75, 3.05) is 0 Å². The van der Waals surface area contributed by atoms with Crippen molar-refractivity contribution in [1.29, 1.82) is 0 Å². The molecular weight excluding hydrogens is 203 g/mol. The molecule has 0 radical (unpaired) electrons. The van der Waals surface area contributed by atoms with Crippen molar-refractivity contribution < 1.29 is 4.39 Å². The van der Waals surface area contributed by atoms with Crippen molar-refractivity contribution in [3.05, 3.63) is 29.8 Å². The third-order valence-electron chi connectivity index (χ3n) is 4.08. The fraction of sp³-hybridized carbons (Fsp3) is 0.615. The minimum atomic E-state index is -0.557. The van der Waals surface area contributed by atoms with Crippen LogP contribution in [0.25, 0.3) is 0 Å². The van der Waals surface area contributed by atoms with E-state index in [0.29, 0.717) is 5.56 Å². The Hall–Kier alpha value is -0.960. The van der Waals surface area contributed by atoms with Crippen LogP contribution in [0.3, 0.4) is 0 Å². The topological polar surface area (TPSA) is 38.9 Å². The van der Waals surface area contributed by atoms with Gasteiger partial charge in [0.25, 0.3) is 0 Å². The molecular formula is C13H19FN2. The van der Waals surface area contributed by atoms with Crippen LogP contribution in [0.15, 0.2) is 18.5 Å². The molecule has 0 bridgehead atoms. The summed E-state index contributed by atoms with van der Waals surface area (Å²) in [5.74, 6) is -0.278. The highest BCUT2D eigenvalue weighted by Crippen LogP contribution is 2.48. The number of hydrogen-bond donors (Lipinski definition) is 1. The SMILES string of the molecule is CC1(C)CCCCC1(N)c1ccncc1F. The van der Waals surface area contributed by atoms with Gasteiger partial charge < -0.3 is 5.73 Å². The van der Waals surface area contributed by atoms with Crippen molar-refractivity contribution in [1.82, 2.24) is 4.98 Å². The lowest BCUT2D eigenvalue weighted by molar-refractivity contribution is 0.0942. The summed E-state index contributed by atoms with van der Waals surface area (Å²) in [6, 6.07) is 1.72. The van der Waals surface area contributed by atoms with E-state index < -0.39 is 5.54 Å². The van der Waals surface area contributed by atoms with Crippen LogP contribution in [0.2, 0.25) is 0 Å². The lowest BCUT2D eigenvalue weighted by atomic mass is 9.61. The summed E-state index contributed by atoms with van der Waals surface area (Å²) in [4.78, 5) is 3.79. The zero-order valence-corrected chi connectivity index (χ0v) is 9.96. The number of rotatable bonds is 1. The third-order valence-corrected chi connectivity index (χ3v) is 4.08. The van der Waals surface area contributed by atoms with E-state index in [1.54, 1.807) is 12.3 Å². The average molecular weight is 222 g/mol. The zero-order chi connectivity index (χ0) is 11.8. The molecule has 16 heavy (non-hydrogen) atoms. The minimum absolute atomic E-state index is 0.0621. The summed E-state index contributed by atoms with van der Waals surface area (Å²) in [6.07, 6.45) is 7.03. The molecule has 0 amide bonds. The van der Waals surface area contributed by atoms with Gasteiger partial charge in [-0.05, 0) is 24.3 Å². The van der Waals surface area contributed by atoms with Gasteiger partial charge in [-0.25, -0.2) is 4.39 Å². The van der Waals surface area contributed by atoms with Gasteiger partial charge in [-0.2, -0.15) is 0 Å². The van der Waals surface area contributed by atoms with E-state index in [2.05, 4.69) is 18.8 Å². The number of pyridine rings is 1. The van der Waals surface area contributed by atoms with Crippen LogP contribution in [-0.4, -0.2) is 4.98 Å². The Morgan fingerprint density at radius 1 is 1.31 bits per heavy atom. The maximum atomic E-state index is 13.8. The summed E-state index contributed by atoms with van der Waals surface area (Å²) < 4.78 is 13.8. The molecule has 88 valence electrons. The monoisotopic (exact) mass is 222 g/mol. The fourth-order valence-corrected chi connectivity index (χ4v) is 2.77. The van der Waals surface area contributed by atoms with Gasteiger partial charge in [0, 0.05) is 17.3 Å². The molecule has 0 aromatic carbocycles. The number of nitrogens with zero attached hydrogens (tertiary/aromatic N) is 1. The fourth-order valence-electron chi connectivity index (χ4n) is 2.77. The molecule has 1 heterocycles. The van der Waals surface area contributed by atoms with Crippen molar-refractivity contribution >= 4 is 0 Å². The minimum Gasteiger partial charge on any atom is -0.321 e. The lowest BCUT2D eigenvalue weighted by Gasteiger charge is -2.48. The van der Waals surface area contributed by atoms with Crippen molar-refractivity contribution in [2.24, 2.45) is 11.1 Å². The molecule has 2 N–H and O–H groups in total. The average Bonchev–Trinajstić information content (AvgIpc) is 2.23. The first-order chi connectivity index (χ1) is 7.47. The Morgan fingerprint density at radius 3 is 2.62 bits per heavy atom. The summed E-state index contributed by atoms with van der Waals surface area (Å²) >= 11 is 0. The van der Waals surface area contributed by atoms with E-state index in [9.17, 15) is 4.39 Å². The number of nitrogens with two attached hydrogens (primary N) is 1. The Balaban J connectivity index is 2.48. The van der Waals surface area contributed by atoms with E-state index in [4.69, 9.17) is 5.73 Å². The molecule has 1 aromatic heterocycles. The van der Waals surface area contributed by atoms with Gasteiger partial charge in [-0.15, -0.1) is 0 Å². The largest absolute Gasteiger partial charge is 0.321 e. The first-order valence-electron chi connectivity index (χ1n) is 5.86. The normalized spacial score (nSPS) is 29.0. The highest BCUT2D eigenvalue weighted by atomic mass is 19.1. The standard InChI is InChI=1S/C13H19FN2/c1-12(2)6-3-4-7-13(12,15)10-5-8-16-9-11(10)14/h5,8-9H,3-4,6-7,15H2,1-2H3. The van der Waals surface area contributed by atoms with Gasteiger partial charge in [-0.1, -0.05) is 26.7 Å². The zero-order valence-electron chi connectivity index (χ0n) is 9.96. The van der Waals surface area contributed by atoms with E-state index in [-0.39, 0.29) is 11.2 Å². The van der Waals surface area contributed by atoms with Gasteiger partial charge in [0.05, 0.1) is 6.20 Å². The summed E-state index contributed by atoms with van der Waals surface area (Å²) in [5, 5.41) is 0. The molecule has 2 rings (SSSR count). The molecule has 1 unspecified atom stereocenters. The molecule has 1 aliphatic carbocycles. The summed E-state index contributed by atoms with van der Waals surface area (Å²) in [5.41, 5.74) is 6.49. The van der Waals surface area contributed by atoms with Gasteiger partial charge >= 0.3 is 0 Å². The van der Waals surface area contributed by atoms with Gasteiger partial charge in [-0.3, -0.25) is 4.98 Å². The second-order valence-corrected chi connectivity index (χ2v) is 5.42. The van der Waals surface area contributed by atoms with Crippen molar-refractivity contribution in [2.45, 2.75) is 45.1 Å². The second-order valence-electron chi connectivity index (χ2n) is 5.42. The molecule has 0 aliphatic heterocycles. The van der Waals surface area contributed by atoms with Crippen LogP contribution in [0.5, 0.6) is 0 Å². The highest BCUT2D eigenvalue weighted by Gasteiger charge is 2.45. The highest BCUT2D eigenvalue weighted by molar-refractivity contribution is 5.26. The molecule has 1 fully saturated rings. The van der Waals surface area contributed by atoms with Gasteiger partial charge in [0.1, 0.15) is 5.82 Å². The molecule has 0 spiro atoms. The molecule has 2 nitrogen and oxygen atoms in total. The molecule has 3 heteroatoms. The number of aromatic nitrogens is 1. The summed E-state index contributed by atoms with van der Waals surface area (Å²) in [7, 11) is 0.